The molecule has 1 aliphatic rings. The molecule has 4 nitrogen and oxygen atoms in total. The van der Waals surface area contributed by atoms with Crippen molar-refractivity contribution >= 4 is 11.9 Å². The van der Waals surface area contributed by atoms with Crippen LogP contribution >= 0.6 is 0 Å². The Kier molecular flexibility index (Phi) is 4.15. The molecule has 23 heavy (non-hydrogen) atoms. The SMILES string of the molecule is COc1cc(OC)c2c(c1)O/C(=C\C=C\c1ccccc1)C2=O. The summed E-state index contributed by atoms with van der Waals surface area (Å²) >= 11 is 0. The van der Waals surface area contributed by atoms with Crippen LogP contribution in [0.3, 0.4) is 0 Å². The fourth-order valence-corrected chi connectivity index (χ4v) is 2.36. The highest BCUT2D eigenvalue weighted by atomic mass is 16.5. The van der Waals surface area contributed by atoms with Crippen LogP contribution in [0.4, 0.5) is 0 Å². The van der Waals surface area contributed by atoms with Crippen LogP contribution in [0.2, 0.25) is 0 Å². The molecule has 3 rings (SSSR count). The van der Waals surface area contributed by atoms with Crippen molar-refractivity contribution in [2.45, 2.75) is 0 Å². The van der Waals surface area contributed by atoms with E-state index in [2.05, 4.69) is 0 Å². The van der Waals surface area contributed by atoms with Gasteiger partial charge in [0.1, 0.15) is 22.8 Å². The van der Waals surface area contributed by atoms with Gasteiger partial charge in [0.2, 0.25) is 5.78 Å². The lowest BCUT2D eigenvalue weighted by Crippen LogP contribution is -1.99. The molecule has 0 atom stereocenters. The van der Waals surface area contributed by atoms with E-state index in [1.54, 1.807) is 31.4 Å². The van der Waals surface area contributed by atoms with Gasteiger partial charge in [0.05, 0.1) is 14.2 Å². The number of benzene rings is 2. The summed E-state index contributed by atoms with van der Waals surface area (Å²) in [5.41, 5.74) is 1.47. The van der Waals surface area contributed by atoms with E-state index in [4.69, 9.17) is 14.2 Å². The Bertz CT molecular complexity index is 789. The molecule has 0 fully saturated rings. The Hall–Kier alpha value is -3.01. The summed E-state index contributed by atoms with van der Waals surface area (Å²) in [6.45, 7) is 0. The van der Waals surface area contributed by atoms with Crippen molar-refractivity contribution in [3.8, 4) is 17.2 Å². The van der Waals surface area contributed by atoms with Gasteiger partial charge in [-0.2, -0.15) is 0 Å². The molecular formula is C19H16O4. The van der Waals surface area contributed by atoms with Crippen molar-refractivity contribution in [1.29, 1.82) is 0 Å². The molecule has 1 aliphatic heterocycles. The quantitative estimate of drug-likeness (QED) is 0.804. The first-order valence-corrected chi connectivity index (χ1v) is 7.15. The maximum Gasteiger partial charge on any atom is 0.235 e. The molecule has 0 bridgehead atoms. The van der Waals surface area contributed by atoms with Gasteiger partial charge in [-0.1, -0.05) is 42.5 Å². The van der Waals surface area contributed by atoms with Gasteiger partial charge in [-0.15, -0.1) is 0 Å². The van der Waals surface area contributed by atoms with E-state index in [0.29, 0.717) is 22.8 Å². The molecule has 2 aromatic rings. The summed E-state index contributed by atoms with van der Waals surface area (Å²) in [6.07, 6.45) is 5.35. The molecule has 116 valence electrons. The number of methoxy groups -OCH3 is 2. The molecule has 0 radical (unpaired) electrons. The second-order valence-corrected chi connectivity index (χ2v) is 4.93. The molecule has 1 heterocycles. The molecular weight excluding hydrogens is 292 g/mol. The van der Waals surface area contributed by atoms with E-state index in [1.807, 2.05) is 36.4 Å². The zero-order chi connectivity index (χ0) is 16.2. The number of hydrogen-bond acceptors (Lipinski definition) is 4. The van der Waals surface area contributed by atoms with Gasteiger partial charge in [0.25, 0.3) is 0 Å². The second-order valence-electron chi connectivity index (χ2n) is 4.93. The summed E-state index contributed by atoms with van der Waals surface area (Å²) < 4.78 is 16.1. The third-order valence-corrected chi connectivity index (χ3v) is 3.50. The first-order valence-electron chi connectivity index (χ1n) is 7.15. The van der Waals surface area contributed by atoms with Gasteiger partial charge in [-0.3, -0.25) is 4.79 Å². The number of carbonyl (C=O) groups excluding carboxylic acids is 1. The molecule has 4 heteroatoms. The Morgan fingerprint density at radius 1 is 1.04 bits per heavy atom. The van der Waals surface area contributed by atoms with E-state index in [-0.39, 0.29) is 11.5 Å². The number of ketones is 1. The number of carbonyl (C=O) groups is 1. The number of allylic oxidation sites excluding steroid dienone is 3. The third-order valence-electron chi connectivity index (χ3n) is 3.50. The number of rotatable bonds is 4. The van der Waals surface area contributed by atoms with Gasteiger partial charge in [0, 0.05) is 12.1 Å². The minimum absolute atomic E-state index is 0.197. The molecule has 0 saturated heterocycles. The molecule has 0 N–H and O–H groups in total. The summed E-state index contributed by atoms with van der Waals surface area (Å²) in [7, 11) is 3.07. The number of Topliss-reactive ketones (excluding diaryl/α,β-unsaturated/α-hetero) is 1. The van der Waals surface area contributed by atoms with Crippen molar-refractivity contribution in [2.24, 2.45) is 0 Å². The fourth-order valence-electron chi connectivity index (χ4n) is 2.36. The maximum atomic E-state index is 12.5. The van der Waals surface area contributed by atoms with Crippen LogP contribution in [0.25, 0.3) is 6.08 Å². The zero-order valence-electron chi connectivity index (χ0n) is 12.9. The third kappa shape index (κ3) is 2.97. The van der Waals surface area contributed by atoms with Crippen molar-refractivity contribution in [3.05, 3.63) is 71.5 Å². The van der Waals surface area contributed by atoms with Crippen molar-refractivity contribution in [3.63, 3.8) is 0 Å². The average Bonchev–Trinajstić information content (AvgIpc) is 2.91. The minimum Gasteiger partial charge on any atom is -0.496 e. The number of hydrogen-bond donors (Lipinski definition) is 0. The van der Waals surface area contributed by atoms with Gasteiger partial charge < -0.3 is 14.2 Å². The zero-order valence-corrected chi connectivity index (χ0v) is 12.9. The lowest BCUT2D eigenvalue weighted by atomic mass is 10.1. The van der Waals surface area contributed by atoms with Crippen LogP contribution in [-0.4, -0.2) is 20.0 Å². The van der Waals surface area contributed by atoms with Crippen LogP contribution in [0.5, 0.6) is 17.2 Å². The fraction of sp³-hybridized carbons (Fsp3) is 0.105. The number of fused-ring (bicyclic) bond motifs is 1. The van der Waals surface area contributed by atoms with Crippen LogP contribution in [-0.2, 0) is 0 Å². The molecule has 0 spiro atoms. The lowest BCUT2D eigenvalue weighted by Gasteiger charge is -2.07. The Morgan fingerprint density at radius 3 is 2.52 bits per heavy atom. The monoisotopic (exact) mass is 308 g/mol. The van der Waals surface area contributed by atoms with Gasteiger partial charge in [0.15, 0.2) is 5.76 Å². The highest BCUT2D eigenvalue weighted by Gasteiger charge is 2.31. The highest BCUT2D eigenvalue weighted by Crippen LogP contribution is 2.40. The van der Waals surface area contributed by atoms with E-state index in [0.717, 1.165) is 5.56 Å². The Balaban J connectivity index is 1.88. The average molecular weight is 308 g/mol. The largest absolute Gasteiger partial charge is 0.496 e. The molecule has 0 aliphatic carbocycles. The molecule has 0 saturated carbocycles. The van der Waals surface area contributed by atoms with Crippen molar-refractivity contribution in [1.82, 2.24) is 0 Å². The first-order chi connectivity index (χ1) is 11.2. The van der Waals surface area contributed by atoms with E-state index in [9.17, 15) is 4.79 Å². The Morgan fingerprint density at radius 2 is 1.83 bits per heavy atom. The first kappa shape index (κ1) is 14.9. The summed E-state index contributed by atoms with van der Waals surface area (Å²) in [5, 5.41) is 0. The van der Waals surface area contributed by atoms with Crippen LogP contribution in [0.15, 0.2) is 60.4 Å². The summed E-state index contributed by atoms with van der Waals surface area (Å²) in [5.74, 6) is 1.54. The highest BCUT2D eigenvalue weighted by molar-refractivity contribution is 6.14. The van der Waals surface area contributed by atoms with Crippen molar-refractivity contribution in [2.75, 3.05) is 14.2 Å². The van der Waals surface area contributed by atoms with Crippen LogP contribution < -0.4 is 14.2 Å². The van der Waals surface area contributed by atoms with E-state index < -0.39 is 0 Å². The second kappa shape index (κ2) is 6.40. The van der Waals surface area contributed by atoms with E-state index >= 15 is 0 Å². The predicted octanol–water partition coefficient (Wildman–Crippen LogP) is 3.88. The van der Waals surface area contributed by atoms with Gasteiger partial charge in [-0.05, 0) is 11.6 Å². The van der Waals surface area contributed by atoms with Gasteiger partial charge in [-0.25, -0.2) is 0 Å². The maximum absolute atomic E-state index is 12.5. The predicted molar refractivity (Wildman–Crippen MR) is 88.1 cm³/mol. The summed E-state index contributed by atoms with van der Waals surface area (Å²) in [6, 6.07) is 13.2. The lowest BCUT2D eigenvalue weighted by molar-refractivity contribution is 0.101. The normalized spacial score (nSPS) is 14.9. The Labute approximate surface area is 134 Å². The van der Waals surface area contributed by atoms with E-state index in [1.165, 1.54) is 7.11 Å². The molecule has 2 aromatic carbocycles. The van der Waals surface area contributed by atoms with Crippen molar-refractivity contribution < 1.29 is 19.0 Å². The van der Waals surface area contributed by atoms with Crippen LogP contribution in [0, 0.1) is 0 Å². The molecule has 0 aromatic heterocycles. The molecule has 0 unspecified atom stereocenters. The standard InChI is InChI=1S/C19H16O4/c1-21-14-11-16(22-2)18-17(12-14)23-15(19(18)20)10-6-9-13-7-4-3-5-8-13/h3-12H,1-2H3/b9-6+,15-10-. The minimum atomic E-state index is -0.197. The molecule has 0 amide bonds. The smallest absolute Gasteiger partial charge is 0.235 e. The summed E-state index contributed by atoms with van der Waals surface area (Å²) in [4.78, 5) is 12.5. The van der Waals surface area contributed by atoms with Gasteiger partial charge >= 0.3 is 0 Å². The van der Waals surface area contributed by atoms with Crippen LogP contribution in [0.1, 0.15) is 15.9 Å². The number of ether oxygens (including phenoxy) is 3. The topological polar surface area (TPSA) is 44.8 Å².